The number of piperazine rings is 1. The zero-order valence-corrected chi connectivity index (χ0v) is 12.9. The molecule has 2 aliphatic carbocycles. The molecule has 2 saturated carbocycles. The molecule has 2 nitrogen and oxygen atoms in total. The van der Waals surface area contributed by atoms with E-state index in [1.165, 1.54) is 64.5 Å². The van der Waals surface area contributed by atoms with Crippen LogP contribution in [-0.4, -0.2) is 36.1 Å². The predicted octanol–water partition coefficient (Wildman–Crippen LogP) is 3.42. The van der Waals surface area contributed by atoms with Gasteiger partial charge in [0.25, 0.3) is 0 Å². The van der Waals surface area contributed by atoms with Crippen LogP contribution in [0.2, 0.25) is 0 Å². The van der Waals surface area contributed by atoms with E-state index in [1.807, 2.05) is 0 Å². The van der Waals surface area contributed by atoms with Crippen molar-refractivity contribution in [3.63, 3.8) is 0 Å². The van der Waals surface area contributed by atoms with Gasteiger partial charge in [-0.2, -0.15) is 0 Å². The number of hydrogen-bond donors (Lipinski definition) is 1. The summed E-state index contributed by atoms with van der Waals surface area (Å²) in [7, 11) is 0. The van der Waals surface area contributed by atoms with Crippen molar-refractivity contribution in [2.24, 2.45) is 11.8 Å². The third-order valence-corrected chi connectivity index (χ3v) is 5.96. The van der Waals surface area contributed by atoms with Crippen LogP contribution in [0, 0.1) is 11.8 Å². The molecular formula is C17H32N2. The van der Waals surface area contributed by atoms with Crippen molar-refractivity contribution in [1.82, 2.24) is 10.2 Å². The Kier molecular flexibility index (Phi) is 4.48. The molecule has 0 aromatic rings. The maximum atomic E-state index is 3.93. The SMILES string of the molecule is CCC(C)N1CC(C2CCCCC2)NCC1C1CC1. The second-order valence-corrected chi connectivity index (χ2v) is 7.27. The van der Waals surface area contributed by atoms with Crippen LogP contribution in [0.5, 0.6) is 0 Å². The molecule has 1 N–H and O–H groups in total. The summed E-state index contributed by atoms with van der Waals surface area (Å²) in [6, 6.07) is 2.40. The van der Waals surface area contributed by atoms with Crippen LogP contribution in [0.3, 0.4) is 0 Å². The average molecular weight is 264 g/mol. The summed E-state index contributed by atoms with van der Waals surface area (Å²) in [6.07, 6.45) is 11.6. The van der Waals surface area contributed by atoms with E-state index >= 15 is 0 Å². The smallest absolute Gasteiger partial charge is 0.0252 e. The first kappa shape index (κ1) is 13.9. The lowest BCUT2D eigenvalue weighted by Crippen LogP contribution is -2.61. The highest BCUT2D eigenvalue weighted by atomic mass is 15.3. The van der Waals surface area contributed by atoms with Gasteiger partial charge in [-0.15, -0.1) is 0 Å². The standard InChI is InChI=1S/C17H32N2/c1-3-13(2)19-12-16(14-7-5-4-6-8-14)18-11-17(19)15-9-10-15/h13-18H,3-12H2,1-2H3. The highest BCUT2D eigenvalue weighted by molar-refractivity contribution is 4.98. The van der Waals surface area contributed by atoms with E-state index in [1.54, 1.807) is 0 Å². The number of rotatable bonds is 4. The lowest BCUT2D eigenvalue weighted by Gasteiger charge is -2.46. The Labute approximate surface area is 119 Å². The molecule has 0 radical (unpaired) electrons. The summed E-state index contributed by atoms with van der Waals surface area (Å²) in [6.45, 7) is 7.38. The Morgan fingerprint density at radius 2 is 1.79 bits per heavy atom. The largest absolute Gasteiger partial charge is 0.311 e. The normalized spacial score (nSPS) is 36.3. The Hall–Kier alpha value is -0.0800. The van der Waals surface area contributed by atoms with E-state index < -0.39 is 0 Å². The minimum absolute atomic E-state index is 0.777. The zero-order valence-electron chi connectivity index (χ0n) is 12.9. The summed E-state index contributed by atoms with van der Waals surface area (Å²) in [5.41, 5.74) is 0. The van der Waals surface area contributed by atoms with Gasteiger partial charge in [-0.1, -0.05) is 26.2 Å². The second kappa shape index (κ2) is 6.13. The summed E-state index contributed by atoms with van der Waals surface area (Å²) < 4.78 is 0. The van der Waals surface area contributed by atoms with Crippen LogP contribution in [0.1, 0.15) is 65.2 Å². The molecule has 1 heterocycles. The van der Waals surface area contributed by atoms with Crippen molar-refractivity contribution in [3.05, 3.63) is 0 Å². The van der Waals surface area contributed by atoms with Crippen molar-refractivity contribution in [2.45, 2.75) is 83.3 Å². The summed E-state index contributed by atoms with van der Waals surface area (Å²) in [4.78, 5) is 2.87. The van der Waals surface area contributed by atoms with Gasteiger partial charge in [-0.05, 0) is 50.9 Å². The van der Waals surface area contributed by atoms with Gasteiger partial charge in [0.1, 0.15) is 0 Å². The Bertz CT molecular complexity index is 281. The quantitative estimate of drug-likeness (QED) is 0.837. The molecule has 0 amide bonds. The number of nitrogens with one attached hydrogen (secondary N) is 1. The monoisotopic (exact) mass is 264 g/mol. The molecule has 3 unspecified atom stereocenters. The third kappa shape index (κ3) is 3.16. The van der Waals surface area contributed by atoms with Crippen LogP contribution in [0.25, 0.3) is 0 Å². The molecule has 1 aliphatic heterocycles. The third-order valence-electron chi connectivity index (χ3n) is 5.96. The van der Waals surface area contributed by atoms with Crippen molar-refractivity contribution in [2.75, 3.05) is 13.1 Å². The maximum Gasteiger partial charge on any atom is 0.0252 e. The van der Waals surface area contributed by atoms with Gasteiger partial charge in [0.15, 0.2) is 0 Å². The van der Waals surface area contributed by atoms with E-state index in [0.29, 0.717) is 0 Å². The first-order valence-corrected chi connectivity index (χ1v) is 8.78. The highest BCUT2D eigenvalue weighted by Crippen LogP contribution is 2.38. The first-order chi connectivity index (χ1) is 9.29. The molecular weight excluding hydrogens is 232 g/mol. The molecule has 3 fully saturated rings. The molecule has 3 atom stereocenters. The maximum absolute atomic E-state index is 3.93. The Morgan fingerprint density at radius 3 is 2.42 bits per heavy atom. The van der Waals surface area contributed by atoms with Gasteiger partial charge in [0.2, 0.25) is 0 Å². The highest BCUT2D eigenvalue weighted by Gasteiger charge is 2.41. The van der Waals surface area contributed by atoms with E-state index in [-0.39, 0.29) is 0 Å². The number of nitrogens with zero attached hydrogens (tertiary/aromatic N) is 1. The lowest BCUT2D eigenvalue weighted by molar-refractivity contribution is 0.0521. The van der Waals surface area contributed by atoms with Gasteiger partial charge in [-0.3, -0.25) is 4.90 Å². The van der Waals surface area contributed by atoms with E-state index in [9.17, 15) is 0 Å². The molecule has 0 aromatic carbocycles. The fraction of sp³-hybridized carbons (Fsp3) is 1.00. The van der Waals surface area contributed by atoms with Gasteiger partial charge in [0, 0.05) is 31.2 Å². The van der Waals surface area contributed by atoms with Crippen molar-refractivity contribution in [1.29, 1.82) is 0 Å². The summed E-state index contributed by atoms with van der Waals surface area (Å²) in [5, 5.41) is 3.93. The van der Waals surface area contributed by atoms with Crippen molar-refractivity contribution in [3.8, 4) is 0 Å². The van der Waals surface area contributed by atoms with E-state index in [4.69, 9.17) is 0 Å². The molecule has 19 heavy (non-hydrogen) atoms. The van der Waals surface area contributed by atoms with Crippen molar-refractivity contribution >= 4 is 0 Å². The van der Waals surface area contributed by atoms with Crippen LogP contribution in [-0.2, 0) is 0 Å². The molecule has 0 spiro atoms. The Balaban J connectivity index is 1.62. The van der Waals surface area contributed by atoms with Gasteiger partial charge in [-0.25, -0.2) is 0 Å². The minimum Gasteiger partial charge on any atom is -0.311 e. The molecule has 0 aromatic heterocycles. The fourth-order valence-corrected chi connectivity index (χ4v) is 4.33. The van der Waals surface area contributed by atoms with Crippen molar-refractivity contribution < 1.29 is 0 Å². The lowest BCUT2D eigenvalue weighted by atomic mass is 9.82. The van der Waals surface area contributed by atoms with Gasteiger partial charge < -0.3 is 5.32 Å². The predicted molar refractivity (Wildman–Crippen MR) is 81.3 cm³/mol. The minimum atomic E-state index is 0.777. The topological polar surface area (TPSA) is 15.3 Å². The van der Waals surface area contributed by atoms with Crippen LogP contribution >= 0.6 is 0 Å². The van der Waals surface area contributed by atoms with Crippen LogP contribution < -0.4 is 5.32 Å². The first-order valence-electron chi connectivity index (χ1n) is 8.78. The summed E-state index contributed by atoms with van der Waals surface area (Å²) >= 11 is 0. The van der Waals surface area contributed by atoms with Gasteiger partial charge >= 0.3 is 0 Å². The zero-order chi connectivity index (χ0) is 13.2. The molecule has 1 saturated heterocycles. The van der Waals surface area contributed by atoms with E-state index in [2.05, 4.69) is 24.1 Å². The van der Waals surface area contributed by atoms with Gasteiger partial charge in [0.05, 0.1) is 0 Å². The second-order valence-electron chi connectivity index (χ2n) is 7.27. The van der Waals surface area contributed by atoms with Crippen LogP contribution in [0.15, 0.2) is 0 Å². The van der Waals surface area contributed by atoms with Crippen LogP contribution in [0.4, 0.5) is 0 Å². The average Bonchev–Trinajstić information content (AvgIpc) is 3.31. The van der Waals surface area contributed by atoms with E-state index in [0.717, 1.165) is 30.0 Å². The molecule has 3 aliphatic rings. The fourth-order valence-electron chi connectivity index (χ4n) is 4.33. The molecule has 2 heteroatoms. The Morgan fingerprint density at radius 1 is 1.05 bits per heavy atom. The number of hydrogen-bond acceptors (Lipinski definition) is 2. The molecule has 3 rings (SSSR count). The molecule has 110 valence electrons. The summed E-state index contributed by atoms with van der Waals surface area (Å²) in [5.74, 6) is 1.97. The molecule has 0 bridgehead atoms.